The number of aromatic amines is 1. The first kappa shape index (κ1) is 19.2. The average Bonchev–Trinajstić information content (AvgIpc) is 3.35. The molecule has 4 heterocycles. The second-order valence-corrected chi connectivity index (χ2v) is 10.4. The fourth-order valence-corrected chi connectivity index (χ4v) is 7.16. The Balaban J connectivity index is 1.22. The van der Waals surface area contributed by atoms with Crippen LogP contribution in [-0.4, -0.2) is 45.9 Å². The maximum Gasteiger partial charge on any atom is 0.223 e. The monoisotopic (exact) mass is 420 g/mol. The molecule has 7 nitrogen and oxygen atoms in total. The van der Waals surface area contributed by atoms with Crippen molar-refractivity contribution in [3.8, 4) is 0 Å². The number of benzene rings is 1. The highest BCUT2D eigenvalue weighted by Gasteiger charge is 2.58. The zero-order valence-electron chi connectivity index (χ0n) is 18.6. The van der Waals surface area contributed by atoms with Gasteiger partial charge in [0.15, 0.2) is 0 Å². The number of nitrogens with zero attached hydrogens (tertiary/aromatic N) is 3. The van der Waals surface area contributed by atoms with Crippen molar-refractivity contribution < 1.29 is 4.79 Å². The third kappa shape index (κ3) is 2.89. The molecule has 1 aromatic carbocycles. The summed E-state index contributed by atoms with van der Waals surface area (Å²) >= 11 is 0. The summed E-state index contributed by atoms with van der Waals surface area (Å²) < 4.78 is 0. The number of aryl methyl sites for hydroxylation is 1. The molecule has 3 N–H and O–H groups in total. The largest absolute Gasteiger partial charge is 0.361 e. The Morgan fingerprint density at radius 3 is 2.74 bits per heavy atom. The van der Waals surface area contributed by atoms with Crippen molar-refractivity contribution in [3.63, 3.8) is 0 Å². The Morgan fingerprint density at radius 2 is 2.03 bits per heavy atom. The topological polar surface area (TPSA) is 75.8 Å². The highest BCUT2D eigenvalue weighted by molar-refractivity contribution is 5.90. The molecule has 0 spiro atoms. The van der Waals surface area contributed by atoms with E-state index < -0.39 is 0 Å². The lowest BCUT2D eigenvalue weighted by molar-refractivity contribution is -0.152. The number of hydrazine groups is 2. The first-order valence-electron chi connectivity index (χ1n) is 11.7. The van der Waals surface area contributed by atoms with Crippen molar-refractivity contribution >= 4 is 22.6 Å². The highest BCUT2D eigenvalue weighted by Crippen LogP contribution is 2.57. The number of carbonyl (C=O) groups is 1. The smallest absolute Gasteiger partial charge is 0.223 e. The van der Waals surface area contributed by atoms with Gasteiger partial charge in [-0.2, -0.15) is 0 Å². The number of fused-ring (bicyclic) bond motifs is 1. The lowest BCUT2D eigenvalue weighted by atomic mass is 9.54. The summed E-state index contributed by atoms with van der Waals surface area (Å²) in [4.78, 5) is 19.3. The van der Waals surface area contributed by atoms with Crippen LogP contribution in [0.1, 0.15) is 62.5 Å². The zero-order chi connectivity index (χ0) is 21.3. The molecule has 3 atom stereocenters. The van der Waals surface area contributed by atoms with Gasteiger partial charge >= 0.3 is 0 Å². The molecule has 2 saturated carbocycles. The van der Waals surface area contributed by atoms with E-state index in [0.29, 0.717) is 30.3 Å². The summed E-state index contributed by atoms with van der Waals surface area (Å²) in [6, 6.07) is 7.06. The number of aromatic nitrogens is 1. The summed E-state index contributed by atoms with van der Waals surface area (Å²) in [5, 5.41) is 7.72. The minimum Gasteiger partial charge on any atom is -0.361 e. The van der Waals surface area contributed by atoms with Crippen molar-refractivity contribution in [2.24, 2.45) is 16.4 Å². The lowest BCUT2D eigenvalue weighted by Crippen LogP contribution is -2.66. The summed E-state index contributed by atoms with van der Waals surface area (Å²) in [7, 11) is 1.92. The lowest BCUT2D eigenvalue weighted by Gasteiger charge is -2.61. The van der Waals surface area contributed by atoms with Gasteiger partial charge in [0.25, 0.3) is 0 Å². The van der Waals surface area contributed by atoms with E-state index in [1.807, 2.05) is 7.05 Å². The Labute approximate surface area is 183 Å². The van der Waals surface area contributed by atoms with Gasteiger partial charge in [0, 0.05) is 48.1 Å². The molecule has 4 bridgehead atoms. The number of piperidine rings is 2. The van der Waals surface area contributed by atoms with E-state index in [9.17, 15) is 4.79 Å². The summed E-state index contributed by atoms with van der Waals surface area (Å²) in [6.45, 7) is 4.35. The van der Waals surface area contributed by atoms with Crippen molar-refractivity contribution in [2.75, 3.05) is 7.05 Å². The van der Waals surface area contributed by atoms with Gasteiger partial charge in [-0.05, 0) is 68.1 Å². The van der Waals surface area contributed by atoms with Crippen molar-refractivity contribution in [2.45, 2.75) is 70.4 Å². The minimum atomic E-state index is 0.102. The minimum absolute atomic E-state index is 0.102. The number of hydrogen-bond donors (Lipinski definition) is 3. The van der Waals surface area contributed by atoms with Gasteiger partial charge in [0.2, 0.25) is 5.91 Å². The summed E-state index contributed by atoms with van der Waals surface area (Å²) in [5.74, 6) is 2.32. The predicted octanol–water partition coefficient (Wildman–Crippen LogP) is 3.40. The molecule has 31 heavy (non-hydrogen) atoms. The molecule has 0 radical (unpaired) electrons. The van der Waals surface area contributed by atoms with Crippen LogP contribution >= 0.6 is 0 Å². The molecule has 1 aromatic heterocycles. The van der Waals surface area contributed by atoms with E-state index >= 15 is 0 Å². The molecule has 2 aromatic rings. The van der Waals surface area contributed by atoms with E-state index in [0.717, 1.165) is 37.0 Å². The third-order valence-electron chi connectivity index (χ3n) is 8.26. The fraction of sp³-hybridized carbons (Fsp3) is 0.583. The molecule has 3 aliphatic heterocycles. The average molecular weight is 421 g/mol. The van der Waals surface area contributed by atoms with Gasteiger partial charge in [-0.25, -0.2) is 5.12 Å². The molecule has 164 valence electrons. The van der Waals surface area contributed by atoms with Gasteiger partial charge < -0.3 is 9.88 Å². The normalized spacial score (nSPS) is 32.5. The number of amidine groups is 1. The van der Waals surface area contributed by atoms with Crippen LogP contribution in [0.15, 0.2) is 29.5 Å². The number of nitrogens with one attached hydrogen (secondary N) is 3. The number of hydrazone groups is 1. The van der Waals surface area contributed by atoms with E-state index in [-0.39, 0.29) is 11.3 Å². The molecule has 2 saturated heterocycles. The van der Waals surface area contributed by atoms with E-state index in [2.05, 4.69) is 64.2 Å². The maximum absolute atomic E-state index is 13.6. The van der Waals surface area contributed by atoms with Gasteiger partial charge in [-0.1, -0.05) is 19.1 Å². The molecule has 7 heteroatoms. The number of H-pyrrole nitrogens is 1. The first-order valence-corrected chi connectivity index (χ1v) is 11.7. The van der Waals surface area contributed by atoms with Crippen molar-refractivity contribution in [1.82, 2.24) is 26.0 Å². The van der Waals surface area contributed by atoms with Crippen LogP contribution in [0.25, 0.3) is 10.9 Å². The van der Waals surface area contributed by atoms with E-state index in [4.69, 9.17) is 0 Å². The van der Waals surface area contributed by atoms with Crippen LogP contribution in [0.4, 0.5) is 0 Å². The molecular weight excluding hydrogens is 388 g/mol. The molecule has 3 unspecified atom stereocenters. The molecule has 1 amide bonds. The van der Waals surface area contributed by atoms with Gasteiger partial charge in [-0.15, -0.1) is 10.6 Å². The van der Waals surface area contributed by atoms with Gasteiger partial charge in [-0.3, -0.25) is 10.2 Å². The van der Waals surface area contributed by atoms with E-state index in [1.165, 1.54) is 22.9 Å². The SMILES string of the molecule is Cc1cccc2[nH]cc(C(C)CC(=O)N3C4CC5CC3CC(C3=NN(C)NN3)(C5)C4)c12. The van der Waals surface area contributed by atoms with Crippen LogP contribution in [0.3, 0.4) is 0 Å². The molecule has 2 aliphatic carbocycles. The second-order valence-electron chi connectivity index (χ2n) is 10.4. The van der Waals surface area contributed by atoms with Crippen LogP contribution in [0.5, 0.6) is 0 Å². The van der Waals surface area contributed by atoms with E-state index in [1.54, 1.807) is 5.12 Å². The molecule has 4 fully saturated rings. The highest BCUT2D eigenvalue weighted by atomic mass is 16.2. The number of amides is 1. The fourth-order valence-electron chi connectivity index (χ4n) is 7.16. The Bertz CT molecular complexity index is 1060. The maximum atomic E-state index is 13.6. The molecular formula is C24H32N6O. The number of rotatable bonds is 4. The zero-order valence-corrected chi connectivity index (χ0v) is 18.6. The Hall–Kier alpha value is -2.54. The van der Waals surface area contributed by atoms with Gasteiger partial charge in [0.05, 0.1) is 0 Å². The summed E-state index contributed by atoms with van der Waals surface area (Å²) in [5.41, 5.74) is 10.2. The predicted molar refractivity (Wildman–Crippen MR) is 121 cm³/mol. The van der Waals surface area contributed by atoms with Crippen LogP contribution in [0, 0.1) is 18.3 Å². The number of hydrogen-bond acceptors (Lipinski definition) is 5. The number of carbonyl (C=O) groups excluding carboxylic acids is 1. The quantitative estimate of drug-likeness (QED) is 0.709. The van der Waals surface area contributed by atoms with Crippen LogP contribution in [0.2, 0.25) is 0 Å². The molecule has 7 rings (SSSR count). The standard InChI is InChI=1S/C24H32N6O/c1-14-5-4-6-20-22(14)19(13-25-20)15(2)7-21(31)30-17-8-16-9-18(30)12-24(10-16,11-17)23-26-28-29(3)27-23/h4-6,13,15-18,25,28H,7-12H2,1-3H3,(H,26,27). The van der Waals surface area contributed by atoms with Crippen molar-refractivity contribution in [3.05, 3.63) is 35.5 Å². The molecule has 5 aliphatic rings. The van der Waals surface area contributed by atoms with Crippen molar-refractivity contribution in [1.29, 1.82) is 0 Å². The third-order valence-corrected chi connectivity index (χ3v) is 8.26. The Kier molecular flexibility index (Phi) is 4.16. The Morgan fingerprint density at radius 1 is 1.26 bits per heavy atom. The van der Waals surface area contributed by atoms with Crippen LogP contribution < -0.4 is 11.0 Å². The first-order chi connectivity index (χ1) is 14.9. The van der Waals surface area contributed by atoms with Crippen LogP contribution in [-0.2, 0) is 4.79 Å². The second kappa shape index (κ2) is 6.73. The van der Waals surface area contributed by atoms with Gasteiger partial charge in [0.1, 0.15) is 5.84 Å². The summed E-state index contributed by atoms with van der Waals surface area (Å²) in [6.07, 6.45) is 8.26.